The lowest BCUT2D eigenvalue weighted by atomic mass is 10.1. The number of carbonyl (C=O) groups is 1. The number of fused-ring (bicyclic) bond motifs is 1. The van der Waals surface area contributed by atoms with E-state index in [-0.39, 0.29) is 16.1 Å². The van der Waals surface area contributed by atoms with E-state index in [1.54, 1.807) is 0 Å². The topological polar surface area (TPSA) is 56.5 Å². The summed E-state index contributed by atoms with van der Waals surface area (Å²) in [6.07, 6.45) is 0. The number of ether oxygens (including phenoxy) is 1. The maximum atomic E-state index is 11.7. The van der Waals surface area contributed by atoms with Crippen molar-refractivity contribution < 1.29 is 13.9 Å². The number of esters is 1. The zero-order valence-corrected chi connectivity index (χ0v) is 11.2. The molecule has 1 heterocycles. The van der Waals surface area contributed by atoms with Gasteiger partial charge in [-0.2, -0.15) is 0 Å². The third-order valence-corrected chi connectivity index (χ3v) is 3.00. The van der Waals surface area contributed by atoms with Gasteiger partial charge in [-0.05, 0) is 28.1 Å². The van der Waals surface area contributed by atoms with Crippen molar-refractivity contribution in [3.05, 3.63) is 38.5 Å². The van der Waals surface area contributed by atoms with Crippen LogP contribution in [0.25, 0.3) is 11.0 Å². The van der Waals surface area contributed by atoms with Crippen molar-refractivity contribution in [1.82, 2.24) is 0 Å². The molecule has 0 amide bonds. The highest BCUT2D eigenvalue weighted by molar-refractivity contribution is 9.10. The van der Waals surface area contributed by atoms with Crippen molar-refractivity contribution in [2.75, 3.05) is 7.11 Å². The number of halogens is 1. The lowest BCUT2D eigenvalue weighted by Gasteiger charge is -2.04. The maximum Gasteiger partial charge on any atom is 0.337 e. The largest absolute Gasteiger partial charge is 0.465 e. The second kappa shape index (κ2) is 4.54. The molecule has 0 atom stereocenters. The van der Waals surface area contributed by atoms with Gasteiger partial charge in [0.05, 0.1) is 22.5 Å². The zero-order chi connectivity index (χ0) is 12.6. The number of hydrogen-bond donors (Lipinski definition) is 1. The summed E-state index contributed by atoms with van der Waals surface area (Å²) in [5.41, 5.74) is 0.379. The Morgan fingerprint density at radius 2 is 2.12 bits per heavy atom. The average Bonchev–Trinajstić information content (AvgIpc) is 2.29. The summed E-state index contributed by atoms with van der Waals surface area (Å²) < 4.78 is 10.4. The standard InChI is InChI=1S/C11H7BrO4S/c1-15-11(14)5-2-6-8(13)4-9(17)16-10(6)7(12)3-5/h2-4,17H,1H3. The van der Waals surface area contributed by atoms with Gasteiger partial charge in [-0.1, -0.05) is 0 Å². The summed E-state index contributed by atoms with van der Waals surface area (Å²) in [6, 6.07) is 4.22. The molecule has 0 N–H and O–H groups in total. The van der Waals surface area contributed by atoms with Gasteiger partial charge in [-0.15, -0.1) is 12.6 Å². The van der Waals surface area contributed by atoms with Gasteiger partial charge in [-0.25, -0.2) is 4.79 Å². The lowest BCUT2D eigenvalue weighted by Crippen LogP contribution is -2.05. The van der Waals surface area contributed by atoms with E-state index in [1.807, 2.05) is 0 Å². The van der Waals surface area contributed by atoms with Crippen LogP contribution in [0.15, 0.2) is 37.0 Å². The fourth-order valence-electron chi connectivity index (χ4n) is 1.44. The third-order valence-electron chi connectivity index (χ3n) is 2.19. The summed E-state index contributed by atoms with van der Waals surface area (Å²) in [5.74, 6) is -0.512. The van der Waals surface area contributed by atoms with Crippen molar-refractivity contribution in [3.8, 4) is 0 Å². The Bertz CT molecular complexity index is 662. The monoisotopic (exact) mass is 314 g/mol. The number of thiol groups is 1. The van der Waals surface area contributed by atoms with Gasteiger partial charge in [0.15, 0.2) is 16.1 Å². The Labute approximate surface area is 110 Å². The fraction of sp³-hybridized carbons (Fsp3) is 0.0909. The molecule has 0 radical (unpaired) electrons. The Hall–Kier alpha value is -1.27. The fourth-order valence-corrected chi connectivity index (χ4v) is 2.19. The van der Waals surface area contributed by atoms with Gasteiger partial charge in [0.1, 0.15) is 0 Å². The molecule has 0 aliphatic carbocycles. The lowest BCUT2D eigenvalue weighted by molar-refractivity contribution is 0.0601. The van der Waals surface area contributed by atoms with E-state index in [2.05, 4.69) is 33.3 Å². The summed E-state index contributed by atoms with van der Waals surface area (Å²) in [5, 5.41) is 0.520. The van der Waals surface area contributed by atoms with E-state index in [9.17, 15) is 9.59 Å². The Balaban J connectivity index is 2.82. The van der Waals surface area contributed by atoms with Crippen molar-refractivity contribution in [1.29, 1.82) is 0 Å². The van der Waals surface area contributed by atoms with Crippen LogP contribution in [0, 0.1) is 0 Å². The highest BCUT2D eigenvalue weighted by Gasteiger charge is 2.13. The molecule has 0 bridgehead atoms. The number of benzene rings is 1. The van der Waals surface area contributed by atoms with Gasteiger partial charge < -0.3 is 9.15 Å². The predicted molar refractivity (Wildman–Crippen MR) is 68.8 cm³/mol. The van der Waals surface area contributed by atoms with Crippen molar-refractivity contribution in [2.24, 2.45) is 0 Å². The molecule has 1 aromatic carbocycles. The molecule has 4 nitrogen and oxygen atoms in total. The van der Waals surface area contributed by atoms with Gasteiger partial charge >= 0.3 is 5.97 Å². The molecule has 0 aliphatic heterocycles. The minimum Gasteiger partial charge on any atom is -0.465 e. The van der Waals surface area contributed by atoms with Crippen molar-refractivity contribution >= 4 is 45.5 Å². The normalized spacial score (nSPS) is 10.5. The summed E-state index contributed by atoms with van der Waals surface area (Å²) in [4.78, 5) is 23.1. The summed E-state index contributed by atoms with van der Waals surface area (Å²) >= 11 is 7.22. The molecule has 0 fully saturated rings. The molecule has 2 rings (SSSR count). The third kappa shape index (κ3) is 2.23. The Morgan fingerprint density at radius 3 is 2.76 bits per heavy atom. The SMILES string of the molecule is COC(=O)c1cc(Br)c2oc(S)cc(=O)c2c1. The molecule has 1 aromatic heterocycles. The second-order valence-corrected chi connectivity index (χ2v) is 4.57. The maximum absolute atomic E-state index is 11.7. The Morgan fingerprint density at radius 1 is 1.41 bits per heavy atom. The molecule has 0 saturated carbocycles. The van der Waals surface area contributed by atoms with E-state index in [0.29, 0.717) is 15.4 Å². The first-order chi connectivity index (χ1) is 8.02. The molecule has 0 unspecified atom stereocenters. The zero-order valence-electron chi connectivity index (χ0n) is 8.69. The minimum absolute atomic E-state index is 0.217. The van der Waals surface area contributed by atoms with Gasteiger partial charge in [0.25, 0.3) is 0 Å². The minimum atomic E-state index is -0.512. The molecule has 2 aromatic rings. The van der Waals surface area contributed by atoms with Gasteiger partial charge in [-0.3, -0.25) is 4.79 Å². The summed E-state index contributed by atoms with van der Waals surface area (Å²) in [7, 11) is 1.28. The first-order valence-corrected chi connectivity index (χ1v) is 5.81. The van der Waals surface area contributed by atoms with Crippen LogP contribution >= 0.6 is 28.6 Å². The van der Waals surface area contributed by atoms with E-state index < -0.39 is 5.97 Å². The quantitative estimate of drug-likeness (QED) is 0.649. The number of rotatable bonds is 1. The highest BCUT2D eigenvalue weighted by atomic mass is 79.9. The van der Waals surface area contributed by atoms with Gasteiger partial charge in [0.2, 0.25) is 0 Å². The first-order valence-electron chi connectivity index (χ1n) is 4.57. The van der Waals surface area contributed by atoms with Crippen LogP contribution in [-0.4, -0.2) is 13.1 Å². The molecule has 0 saturated heterocycles. The molecule has 17 heavy (non-hydrogen) atoms. The van der Waals surface area contributed by atoms with Crippen molar-refractivity contribution in [2.45, 2.75) is 5.09 Å². The molecule has 0 aliphatic rings. The molecule has 0 spiro atoms. The number of methoxy groups -OCH3 is 1. The number of carbonyl (C=O) groups excluding carboxylic acids is 1. The van der Waals surface area contributed by atoms with Crippen LogP contribution in [-0.2, 0) is 4.74 Å². The first kappa shape index (κ1) is 12.2. The highest BCUT2D eigenvalue weighted by Crippen LogP contribution is 2.26. The second-order valence-electron chi connectivity index (χ2n) is 3.28. The number of hydrogen-bond acceptors (Lipinski definition) is 5. The van der Waals surface area contributed by atoms with Crippen LogP contribution in [0.5, 0.6) is 0 Å². The van der Waals surface area contributed by atoms with Crippen LogP contribution in [0.2, 0.25) is 0 Å². The van der Waals surface area contributed by atoms with Gasteiger partial charge in [0, 0.05) is 6.07 Å². The van der Waals surface area contributed by atoms with E-state index in [0.717, 1.165) is 0 Å². The van der Waals surface area contributed by atoms with Crippen LogP contribution in [0.1, 0.15) is 10.4 Å². The van der Waals surface area contributed by atoms with Crippen LogP contribution in [0.4, 0.5) is 0 Å². The average molecular weight is 315 g/mol. The Kier molecular flexibility index (Phi) is 3.26. The van der Waals surface area contributed by atoms with E-state index in [1.165, 1.54) is 25.3 Å². The van der Waals surface area contributed by atoms with E-state index >= 15 is 0 Å². The van der Waals surface area contributed by atoms with E-state index in [4.69, 9.17) is 4.42 Å². The smallest absolute Gasteiger partial charge is 0.337 e. The van der Waals surface area contributed by atoms with Crippen LogP contribution < -0.4 is 5.43 Å². The molecular weight excluding hydrogens is 308 g/mol. The molecular formula is C11H7BrO4S. The molecule has 6 heteroatoms. The summed E-state index contributed by atoms with van der Waals surface area (Å²) in [6.45, 7) is 0. The molecule has 88 valence electrons. The predicted octanol–water partition coefficient (Wildman–Crippen LogP) is 2.63. The van der Waals surface area contributed by atoms with Crippen LogP contribution in [0.3, 0.4) is 0 Å². The van der Waals surface area contributed by atoms with Crippen molar-refractivity contribution in [3.63, 3.8) is 0 Å².